The summed E-state index contributed by atoms with van der Waals surface area (Å²) in [4.78, 5) is 7.23. The number of nitrogens with one attached hydrogen (secondary N) is 2. The van der Waals surface area contributed by atoms with Gasteiger partial charge in [0.05, 0.1) is 29.9 Å². The molecular formula is C22H26ClN7O. The Kier molecular flexibility index (Phi) is 4.98. The lowest BCUT2D eigenvalue weighted by atomic mass is 9.73. The van der Waals surface area contributed by atoms with E-state index in [0.717, 1.165) is 52.3 Å². The Balaban J connectivity index is 0.00000204. The first-order valence-electron chi connectivity index (χ1n) is 10.7. The van der Waals surface area contributed by atoms with E-state index in [1.807, 2.05) is 30.0 Å². The minimum absolute atomic E-state index is 0. The largest absolute Gasteiger partial charge is 0.492 e. The normalized spacial score (nSPS) is 17.6. The number of aromatic amines is 1. The van der Waals surface area contributed by atoms with Crippen molar-refractivity contribution in [3.63, 3.8) is 0 Å². The van der Waals surface area contributed by atoms with Crippen molar-refractivity contribution >= 4 is 34.8 Å². The number of rotatable bonds is 4. The summed E-state index contributed by atoms with van der Waals surface area (Å²) in [6, 6.07) is 6.36. The first-order valence-corrected chi connectivity index (χ1v) is 10.7. The lowest BCUT2D eigenvalue weighted by Crippen LogP contribution is -2.58. The monoisotopic (exact) mass is 439 g/mol. The average Bonchev–Trinajstić information content (AvgIpc) is 3.34. The van der Waals surface area contributed by atoms with Crippen molar-refractivity contribution in [3.8, 4) is 16.9 Å². The molecule has 162 valence electrons. The number of piperidine rings is 1. The van der Waals surface area contributed by atoms with Gasteiger partial charge in [0.25, 0.3) is 0 Å². The topological polar surface area (TPSA) is 83.4 Å². The summed E-state index contributed by atoms with van der Waals surface area (Å²) in [5, 5.41) is 16.1. The summed E-state index contributed by atoms with van der Waals surface area (Å²) < 4.78 is 7.65. The second-order valence-corrected chi connectivity index (χ2v) is 8.44. The molecule has 0 aliphatic carbocycles. The Morgan fingerprint density at radius 2 is 2.00 bits per heavy atom. The molecule has 0 radical (unpaired) electrons. The molecule has 1 spiro atoms. The smallest absolute Gasteiger partial charge is 0.178 e. The number of anilines is 1. The lowest BCUT2D eigenvalue weighted by Gasteiger charge is -2.48. The Bertz CT molecular complexity index is 1200. The Labute approximate surface area is 186 Å². The molecule has 9 heteroatoms. The molecule has 31 heavy (non-hydrogen) atoms. The molecular weight excluding hydrogens is 414 g/mol. The zero-order valence-electron chi connectivity index (χ0n) is 17.5. The maximum absolute atomic E-state index is 5.78. The molecule has 0 unspecified atom stereocenters. The maximum Gasteiger partial charge on any atom is 0.178 e. The minimum atomic E-state index is 0. The van der Waals surface area contributed by atoms with E-state index >= 15 is 0 Å². The molecule has 0 amide bonds. The van der Waals surface area contributed by atoms with E-state index in [2.05, 4.69) is 43.7 Å². The molecule has 0 saturated carbocycles. The van der Waals surface area contributed by atoms with Crippen LogP contribution in [0.3, 0.4) is 0 Å². The third-order valence-corrected chi connectivity index (χ3v) is 6.62. The highest BCUT2D eigenvalue weighted by Crippen LogP contribution is 2.37. The zero-order valence-corrected chi connectivity index (χ0v) is 18.3. The second-order valence-electron chi connectivity index (χ2n) is 8.44. The van der Waals surface area contributed by atoms with Gasteiger partial charge in [-0.05, 0) is 43.4 Å². The Morgan fingerprint density at radius 3 is 2.68 bits per heavy atom. The number of fused-ring (bicyclic) bond motifs is 3. The van der Waals surface area contributed by atoms with Crippen LogP contribution in [0.2, 0.25) is 0 Å². The lowest BCUT2D eigenvalue weighted by molar-refractivity contribution is 0.126. The molecule has 8 nitrogen and oxygen atoms in total. The highest BCUT2D eigenvalue weighted by molar-refractivity contribution is 6.00. The summed E-state index contributed by atoms with van der Waals surface area (Å²) in [6.07, 6.45) is 8.19. The van der Waals surface area contributed by atoms with Crippen LogP contribution in [0.4, 0.5) is 5.82 Å². The van der Waals surface area contributed by atoms with E-state index in [-0.39, 0.29) is 12.4 Å². The van der Waals surface area contributed by atoms with Crippen LogP contribution in [0.1, 0.15) is 19.8 Å². The van der Waals surface area contributed by atoms with Crippen molar-refractivity contribution in [2.75, 3.05) is 37.7 Å². The summed E-state index contributed by atoms with van der Waals surface area (Å²) in [5.41, 5.74) is 4.41. The van der Waals surface area contributed by atoms with Gasteiger partial charge in [0.15, 0.2) is 5.65 Å². The summed E-state index contributed by atoms with van der Waals surface area (Å²) in [5.74, 6) is 1.84. The molecule has 0 atom stereocenters. The maximum atomic E-state index is 5.78. The first kappa shape index (κ1) is 20.1. The van der Waals surface area contributed by atoms with Crippen LogP contribution < -0.4 is 15.0 Å². The van der Waals surface area contributed by atoms with E-state index in [0.29, 0.717) is 12.0 Å². The predicted molar refractivity (Wildman–Crippen MR) is 123 cm³/mol. The quantitative estimate of drug-likeness (QED) is 0.507. The fourth-order valence-corrected chi connectivity index (χ4v) is 4.78. The number of ether oxygens (including phenoxy) is 1. The summed E-state index contributed by atoms with van der Waals surface area (Å²) in [7, 11) is 0. The van der Waals surface area contributed by atoms with Gasteiger partial charge < -0.3 is 15.0 Å². The molecule has 2 aliphatic rings. The van der Waals surface area contributed by atoms with E-state index in [9.17, 15) is 0 Å². The number of nitrogens with zero attached hydrogens (tertiary/aromatic N) is 5. The van der Waals surface area contributed by atoms with Crippen LogP contribution in [0.25, 0.3) is 27.7 Å². The van der Waals surface area contributed by atoms with E-state index < -0.39 is 0 Å². The average molecular weight is 440 g/mol. The van der Waals surface area contributed by atoms with Crippen LogP contribution in [0.5, 0.6) is 5.75 Å². The predicted octanol–water partition coefficient (Wildman–Crippen LogP) is 3.28. The fourth-order valence-electron chi connectivity index (χ4n) is 4.78. The summed E-state index contributed by atoms with van der Waals surface area (Å²) in [6.45, 7) is 7.10. The number of hydrogen-bond donors (Lipinski definition) is 2. The van der Waals surface area contributed by atoms with Gasteiger partial charge in [-0.15, -0.1) is 17.5 Å². The van der Waals surface area contributed by atoms with Crippen LogP contribution in [-0.2, 0) is 0 Å². The number of halogens is 1. The number of pyridine rings is 2. The van der Waals surface area contributed by atoms with E-state index in [1.54, 1.807) is 0 Å². The number of H-pyrrole nitrogens is 1. The molecule has 2 N–H and O–H groups in total. The van der Waals surface area contributed by atoms with Crippen molar-refractivity contribution in [1.29, 1.82) is 0 Å². The van der Waals surface area contributed by atoms with Crippen molar-refractivity contribution in [2.24, 2.45) is 5.41 Å². The first-order chi connectivity index (χ1) is 14.7. The highest BCUT2D eigenvalue weighted by atomic mass is 35.5. The minimum Gasteiger partial charge on any atom is -0.492 e. The summed E-state index contributed by atoms with van der Waals surface area (Å²) >= 11 is 0. The van der Waals surface area contributed by atoms with Crippen molar-refractivity contribution in [3.05, 3.63) is 36.8 Å². The van der Waals surface area contributed by atoms with Gasteiger partial charge in [-0.3, -0.25) is 5.10 Å². The molecule has 2 fully saturated rings. The van der Waals surface area contributed by atoms with Gasteiger partial charge in [0.2, 0.25) is 0 Å². The van der Waals surface area contributed by atoms with Crippen LogP contribution in [0, 0.1) is 5.41 Å². The number of aromatic nitrogens is 5. The Hall–Kier alpha value is -2.84. The van der Waals surface area contributed by atoms with Gasteiger partial charge in [-0.25, -0.2) is 9.50 Å². The van der Waals surface area contributed by atoms with Gasteiger partial charge in [0, 0.05) is 43.5 Å². The van der Waals surface area contributed by atoms with Crippen LogP contribution in [0.15, 0.2) is 36.8 Å². The third kappa shape index (κ3) is 3.30. The molecule has 4 aromatic heterocycles. The number of hydrogen-bond acceptors (Lipinski definition) is 6. The van der Waals surface area contributed by atoms with Gasteiger partial charge in [0.1, 0.15) is 11.6 Å². The third-order valence-electron chi connectivity index (χ3n) is 6.62. The SMILES string of the molecule is CCOc1cc(-c2ccc(N3CCC4(CC3)CNC4)nc2)c2c3cn[nH]c3nn2c1.Cl. The van der Waals surface area contributed by atoms with E-state index in [4.69, 9.17) is 9.72 Å². The molecule has 0 bridgehead atoms. The van der Waals surface area contributed by atoms with Gasteiger partial charge >= 0.3 is 0 Å². The van der Waals surface area contributed by atoms with Crippen molar-refractivity contribution in [1.82, 2.24) is 30.1 Å². The van der Waals surface area contributed by atoms with Gasteiger partial charge in [-0.2, -0.15) is 5.10 Å². The van der Waals surface area contributed by atoms with Crippen molar-refractivity contribution < 1.29 is 4.74 Å². The van der Waals surface area contributed by atoms with Crippen molar-refractivity contribution in [2.45, 2.75) is 19.8 Å². The van der Waals surface area contributed by atoms with Crippen LogP contribution in [-0.4, -0.2) is 57.6 Å². The molecule has 0 aromatic carbocycles. The molecule has 2 saturated heterocycles. The zero-order chi connectivity index (χ0) is 20.1. The molecule has 6 rings (SSSR count). The molecule has 4 aromatic rings. The molecule has 6 heterocycles. The fraction of sp³-hybridized carbons (Fsp3) is 0.409. The van der Waals surface area contributed by atoms with Gasteiger partial charge in [-0.1, -0.05) is 0 Å². The molecule has 2 aliphatic heterocycles. The van der Waals surface area contributed by atoms with E-state index in [1.165, 1.54) is 25.9 Å². The highest BCUT2D eigenvalue weighted by Gasteiger charge is 2.39. The van der Waals surface area contributed by atoms with Crippen LogP contribution >= 0.6 is 12.4 Å². The Morgan fingerprint density at radius 1 is 1.16 bits per heavy atom. The standard InChI is InChI=1S/C22H25N7O.ClH/c1-2-30-16-9-17(20-18-11-25-26-21(18)27-29(20)12-16)15-3-4-19(24-10-15)28-7-5-22(6-8-28)13-23-14-22;/h3-4,9-12,23H,2,5-8,13-14H2,1H3,(H,26,27);1H. The second kappa shape index (κ2) is 7.69.